The SMILES string of the molecule is CC(C)(Oc1ccc(Cl)cc1)C(=O)NCCNc1ccc([N+](=O)[O-])cc1. The fourth-order valence-electron chi connectivity index (χ4n) is 2.14. The van der Waals surface area contributed by atoms with E-state index in [1.807, 2.05) is 0 Å². The molecule has 7 nitrogen and oxygen atoms in total. The average molecular weight is 378 g/mol. The zero-order valence-electron chi connectivity index (χ0n) is 14.5. The molecule has 0 aliphatic carbocycles. The van der Waals surface area contributed by atoms with E-state index in [4.69, 9.17) is 16.3 Å². The monoisotopic (exact) mass is 377 g/mol. The van der Waals surface area contributed by atoms with E-state index in [2.05, 4.69) is 10.6 Å². The molecule has 0 bridgehead atoms. The molecule has 0 atom stereocenters. The largest absolute Gasteiger partial charge is 0.478 e. The van der Waals surface area contributed by atoms with Crippen molar-refractivity contribution in [1.82, 2.24) is 5.32 Å². The van der Waals surface area contributed by atoms with Gasteiger partial charge in [-0.25, -0.2) is 0 Å². The number of hydrogen-bond donors (Lipinski definition) is 2. The van der Waals surface area contributed by atoms with Crippen molar-refractivity contribution < 1.29 is 14.5 Å². The summed E-state index contributed by atoms with van der Waals surface area (Å²) in [6.07, 6.45) is 0. The van der Waals surface area contributed by atoms with Crippen molar-refractivity contribution in [2.24, 2.45) is 0 Å². The van der Waals surface area contributed by atoms with Gasteiger partial charge in [-0.1, -0.05) is 11.6 Å². The first-order chi connectivity index (χ1) is 12.3. The lowest BCUT2D eigenvalue weighted by molar-refractivity contribution is -0.384. The van der Waals surface area contributed by atoms with E-state index < -0.39 is 10.5 Å². The molecule has 26 heavy (non-hydrogen) atoms. The van der Waals surface area contributed by atoms with Crippen molar-refractivity contribution in [3.05, 3.63) is 63.7 Å². The Balaban J connectivity index is 1.78. The van der Waals surface area contributed by atoms with Gasteiger partial charge in [0.1, 0.15) is 5.75 Å². The number of carbonyl (C=O) groups excluding carboxylic acids is 1. The Hall–Kier alpha value is -2.80. The van der Waals surface area contributed by atoms with Crippen LogP contribution >= 0.6 is 11.6 Å². The van der Waals surface area contributed by atoms with Crippen LogP contribution < -0.4 is 15.4 Å². The molecule has 0 aliphatic rings. The molecular formula is C18H20ClN3O4. The maximum absolute atomic E-state index is 12.3. The molecule has 0 aromatic heterocycles. The van der Waals surface area contributed by atoms with Crippen LogP contribution in [0.25, 0.3) is 0 Å². The highest BCUT2D eigenvalue weighted by molar-refractivity contribution is 6.30. The average Bonchev–Trinajstić information content (AvgIpc) is 2.60. The van der Waals surface area contributed by atoms with Crippen LogP contribution in [0, 0.1) is 10.1 Å². The van der Waals surface area contributed by atoms with Gasteiger partial charge in [0.2, 0.25) is 0 Å². The van der Waals surface area contributed by atoms with E-state index in [0.29, 0.717) is 23.9 Å². The van der Waals surface area contributed by atoms with Gasteiger partial charge in [-0.05, 0) is 50.2 Å². The van der Waals surface area contributed by atoms with Gasteiger partial charge < -0.3 is 15.4 Å². The molecule has 8 heteroatoms. The molecule has 0 heterocycles. The van der Waals surface area contributed by atoms with Crippen molar-refractivity contribution in [2.75, 3.05) is 18.4 Å². The van der Waals surface area contributed by atoms with E-state index >= 15 is 0 Å². The number of hydrogen-bond acceptors (Lipinski definition) is 5. The summed E-state index contributed by atoms with van der Waals surface area (Å²) in [5, 5.41) is 17.1. The van der Waals surface area contributed by atoms with E-state index in [9.17, 15) is 14.9 Å². The molecule has 0 spiro atoms. The molecule has 138 valence electrons. The van der Waals surface area contributed by atoms with Crippen molar-refractivity contribution in [3.63, 3.8) is 0 Å². The predicted molar refractivity (Wildman–Crippen MR) is 101 cm³/mol. The second-order valence-electron chi connectivity index (χ2n) is 6.05. The molecule has 0 aliphatic heterocycles. The minimum atomic E-state index is -1.04. The summed E-state index contributed by atoms with van der Waals surface area (Å²) < 4.78 is 5.71. The van der Waals surface area contributed by atoms with Crippen LogP contribution in [0.2, 0.25) is 5.02 Å². The summed E-state index contributed by atoms with van der Waals surface area (Å²) in [5.74, 6) is 0.302. The summed E-state index contributed by atoms with van der Waals surface area (Å²) in [5.41, 5.74) is -0.271. The molecule has 2 aromatic rings. The third-order valence-corrected chi connectivity index (χ3v) is 3.80. The number of halogens is 1. The van der Waals surface area contributed by atoms with Crippen LogP contribution in [0.15, 0.2) is 48.5 Å². The molecule has 0 saturated carbocycles. The van der Waals surface area contributed by atoms with Crippen molar-refractivity contribution in [2.45, 2.75) is 19.4 Å². The van der Waals surface area contributed by atoms with Gasteiger partial charge in [-0.2, -0.15) is 0 Å². The summed E-state index contributed by atoms with van der Waals surface area (Å²) in [7, 11) is 0. The second kappa shape index (κ2) is 8.53. The van der Waals surface area contributed by atoms with Crippen molar-refractivity contribution in [3.8, 4) is 5.75 Å². The second-order valence-corrected chi connectivity index (χ2v) is 6.49. The highest BCUT2D eigenvalue weighted by atomic mass is 35.5. The minimum Gasteiger partial charge on any atom is -0.478 e. The van der Waals surface area contributed by atoms with Gasteiger partial charge in [0.05, 0.1) is 4.92 Å². The normalized spacial score (nSPS) is 10.9. The summed E-state index contributed by atoms with van der Waals surface area (Å²) in [6.45, 7) is 4.21. The third-order valence-electron chi connectivity index (χ3n) is 3.55. The summed E-state index contributed by atoms with van der Waals surface area (Å²) >= 11 is 5.83. The van der Waals surface area contributed by atoms with Crippen LogP contribution in [-0.4, -0.2) is 29.5 Å². The lowest BCUT2D eigenvalue weighted by atomic mass is 10.1. The molecule has 2 aromatic carbocycles. The van der Waals surface area contributed by atoms with Crippen LogP contribution in [0.1, 0.15) is 13.8 Å². The topological polar surface area (TPSA) is 93.5 Å². The van der Waals surface area contributed by atoms with Crippen molar-refractivity contribution >= 4 is 28.9 Å². The van der Waals surface area contributed by atoms with E-state index in [1.165, 1.54) is 12.1 Å². The molecule has 2 rings (SSSR count). The fourth-order valence-corrected chi connectivity index (χ4v) is 2.27. The molecular weight excluding hydrogens is 358 g/mol. The zero-order chi connectivity index (χ0) is 19.2. The highest BCUT2D eigenvalue weighted by Gasteiger charge is 2.29. The Morgan fingerprint density at radius 2 is 1.73 bits per heavy atom. The summed E-state index contributed by atoms with van der Waals surface area (Å²) in [6, 6.07) is 12.9. The van der Waals surface area contributed by atoms with Crippen LogP contribution in [0.3, 0.4) is 0 Å². The lowest BCUT2D eigenvalue weighted by Crippen LogP contribution is -2.47. The molecule has 1 amide bonds. The Morgan fingerprint density at radius 3 is 2.31 bits per heavy atom. The minimum absolute atomic E-state index is 0.0324. The maximum Gasteiger partial charge on any atom is 0.269 e. The van der Waals surface area contributed by atoms with E-state index in [0.717, 1.165) is 5.69 Å². The number of carbonyl (C=O) groups is 1. The number of nitrogens with zero attached hydrogens (tertiary/aromatic N) is 1. The van der Waals surface area contributed by atoms with Crippen LogP contribution in [0.5, 0.6) is 5.75 Å². The fraction of sp³-hybridized carbons (Fsp3) is 0.278. The maximum atomic E-state index is 12.3. The Morgan fingerprint density at radius 1 is 1.12 bits per heavy atom. The molecule has 2 N–H and O–H groups in total. The zero-order valence-corrected chi connectivity index (χ0v) is 15.2. The predicted octanol–water partition coefficient (Wildman–Crippen LogP) is 3.63. The first kappa shape index (κ1) is 19.5. The molecule has 0 unspecified atom stereocenters. The molecule has 0 radical (unpaired) electrons. The molecule has 0 fully saturated rings. The number of rotatable bonds is 8. The van der Waals surface area contributed by atoms with Crippen LogP contribution in [-0.2, 0) is 4.79 Å². The van der Waals surface area contributed by atoms with Gasteiger partial charge >= 0.3 is 0 Å². The number of nitro groups is 1. The first-order valence-corrected chi connectivity index (χ1v) is 8.37. The number of non-ortho nitro benzene ring substituents is 1. The standard InChI is InChI=1S/C18H20ClN3O4/c1-18(2,26-16-9-3-13(19)4-10-16)17(23)21-12-11-20-14-5-7-15(8-6-14)22(24)25/h3-10,20H,11-12H2,1-2H3,(H,21,23). The number of nitrogens with one attached hydrogen (secondary N) is 2. The van der Waals surface area contributed by atoms with E-state index in [1.54, 1.807) is 50.2 Å². The van der Waals surface area contributed by atoms with Crippen molar-refractivity contribution in [1.29, 1.82) is 0 Å². The number of amides is 1. The Labute approximate surface area is 156 Å². The Bertz CT molecular complexity index is 761. The van der Waals surface area contributed by atoms with Gasteiger partial charge in [-0.3, -0.25) is 14.9 Å². The van der Waals surface area contributed by atoms with Crippen LogP contribution in [0.4, 0.5) is 11.4 Å². The number of anilines is 1. The summed E-state index contributed by atoms with van der Waals surface area (Å²) in [4.78, 5) is 22.5. The quantitative estimate of drug-likeness (QED) is 0.416. The van der Waals surface area contributed by atoms with Gasteiger partial charge in [-0.15, -0.1) is 0 Å². The number of ether oxygens (including phenoxy) is 1. The number of nitro benzene ring substituents is 1. The lowest BCUT2D eigenvalue weighted by Gasteiger charge is -2.25. The highest BCUT2D eigenvalue weighted by Crippen LogP contribution is 2.21. The third kappa shape index (κ3) is 5.63. The molecule has 0 saturated heterocycles. The first-order valence-electron chi connectivity index (χ1n) is 7.99. The van der Waals surface area contributed by atoms with E-state index in [-0.39, 0.29) is 11.6 Å². The van der Waals surface area contributed by atoms with Gasteiger partial charge in [0, 0.05) is 35.9 Å². The smallest absolute Gasteiger partial charge is 0.269 e. The number of benzene rings is 2. The van der Waals surface area contributed by atoms with Gasteiger partial charge in [0.15, 0.2) is 5.60 Å². The Kier molecular flexibility index (Phi) is 6.41. The van der Waals surface area contributed by atoms with Gasteiger partial charge in [0.25, 0.3) is 11.6 Å².